The Hall–Kier alpha value is -1.20. The summed E-state index contributed by atoms with van der Waals surface area (Å²) in [6.07, 6.45) is 14.2. The molecule has 1 N–H and O–H groups in total. The van der Waals surface area contributed by atoms with Crippen molar-refractivity contribution in [3.63, 3.8) is 0 Å². The molecule has 4 rings (SSSR count). The average molecular weight is 475 g/mol. The van der Waals surface area contributed by atoms with Gasteiger partial charge in [-0.1, -0.05) is 77.9 Å². The SMILES string of the molecule is CCCCCCCCOCOCC12CC3C(C)CCC3C3(C=O)CC1C=C(C(C)C)C32C(=O)O. The molecule has 34 heavy (non-hydrogen) atoms. The van der Waals surface area contributed by atoms with Crippen LogP contribution in [-0.2, 0) is 19.1 Å². The van der Waals surface area contributed by atoms with Gasteiger partial charge in [0.25, 0.3) is 0 Å². The van der Waals surface area contributed by atoms with E-state index in [2.05, 4.69) is 33.8 Å². The lowest BCUT2D eigenvalue weighted by Crippen LogP contribution is -2.63. The van der Waals surface area contributed by atoms with Gasteiger partial charge in [-0.3, -0.25) is 4.79 Å². The molecule has 5 heteroatoms. The molecule has 0 saturated heterocycles. The molecule has 3 fully saturated rings. The Kier molecular flexibility index (Phi) is 7.65. The highest BCUT2D eigenvalue weighted by Crippen LogP contribution is 2.82. The molecule has 0 aromatic rings. The molecule has 0 amide bonds. The van der Waals surface area contributed by atoms with Crippen LogP contribution in [0.3, 0.4) is 0 Å². The van der Waals surface area contributed by atoms with Crippen LogP contribution in [0.25, 0.3) is 0 Å². The van der Waals surface area contributed by atoms with Crippen LogP contribution in [0.15, 0.2) is 11.6 Å². The number of aliphatic carboxylic acids is 1. The van der Waals surface area contributed by atoms with Gasteiger partial charge in [0.05, 0.1) is 12.0 Å². The molecule has 0 aromatic heterocycles. The van der Waals surface area contributed by atoms with Gasteiger partial charge in [0.1, 0.15) is 18.5 Å². The number of unbranched alkanes of at least 4 members (excludes halogenated alkanes) is 5. The molecule has 0 radical (unpaired) electrons. The van der Waals surface area contributed by atoms with E-state index in [1.165, 1.54) is 32.1 Å². The third-order valence-corrected chi connectivity index (χ3v) is 10.3. The van der Waals surface area contributed by atoms with Crippen LogP contribution in [-0.4, -0.2) is 37.4 Å². The number of rotatable bonds is 14. The highest BCUT2D eigenvalue weighted by atomic mass is 16.7. The maximum absolute atomic E-state index is 13.3. The number of hydrogen-bond acceptors (Lipinski definition) is 4. The summed E-state index contributed by atoms with van der Waals surface area (Å²) in [5.74, 6) is 0.464. The van der Waals surface area contributed by atoms with E-state index in [1.54, 1.807) is 0 Å². The van der Waals surface area contributed by atoms with Crippen LogP contribution in [0.2, 0.25) is 0 Å². The molecule has 7 unspecified atom stereocenters. The predicted molar refractivity (Wildman–Crippen MR) is 132 cm³/mol. The van der Waals surface area contributed by atoms with E-state index in [-0.39, 0.29) is 24.5 Å². The van der Waals surface area contributed by atoms with E-state index in [0.29, 0.717) is 31.5 Å². The molecule has 5 nitrogen and oxygen atoms in total. The number of ether oxygens (including phenoxy) is 2. The van der Waals surface area contributed by atoms with Crippen molar-refractivity contribution in [2.24, 2.45) is 45.8 Å². The van der Waals surface area contributed by atoms with Crippen LogP contribution in [0.5, 0.6) is 0 Å². The number of carboxylic acid groups (broad SMARTS) is 1. The number of aldehydes is 1. The maximum Gasteiger partial charge on any atom is 0.315 e. The summed E-state index contributed by atoms with van der Waals surface area (Å²) in [7, 11) is 0. The van der Waals surface area contributed by atoms with Crippen LogP contribution in [0, 0.1) is 45.8 Å². The Labute approximate surface area is 206 Å². The zero-order valence-electron chi connectivity index (χ0n) is 21.8. The van der Waals surface area contributed by atoms with E-state index in [9.17, 15) is 14.7 Å². The van der Waals surface area contributed by atoms with Crippen LogP contribution in [0.4, 0.5) is 0 Å². The molecular formula is C29H46O5. The largest absolute Gasteiger partial charge is 0.481 e. The van der Waals surface area contributed by atoms with Gasteiger partial charge >= 0.3 is 5.97 Å². The number of carbonyl (C=O) groups excluding carboxylic acids is 1. The normalized spacial score (nSPS) is 40.0. The molecule has 4 aliphatic carbocycles. The summed E-state index contributed by atoms with van der Waals surface area (Å²) < 4.78 is 12.0. The van der Waals surface area contributed by atoms with Crippen molar-refractivity contribution in [3.8, 4) is 0 Å². The molecule has 3 saturated carbocycles. The van der Waals surface area contributed by atoms with E-state index >= 15 is 0 Å². The zero-order valence-corrected chi connectivity index (χ0v) is 21.8. The molecule has 4 bridgehead atoms. The molecule has 4 aliphatic rings. The van der Waals surface area contributed by atoms with Crippen LogP contribution < -0.4 is 0 Å². The lowest BCUT2D eigenvalue weighted by molar-refractivity contribution is -0.192. The summed E-state index contributed by atoms with van der Waals surface area (Å²) in [4.78, 5) is 26.3. The summed E-state index contributed by atoms with van der Waals surface area (Å²) in [5.41, 5.74) is -1.54. The van der Waals surface area contributed by atoms with Gasteiger partial charge < -0.3 is 19.4 Å². The third-order valence-electron chi connectivity index (χ3n) is 10.3. The van der Waals surface area contributed by atoms with Gasteiger partial charge in [0, 0.05) is 12.0 Å². The van der Waals surface area contributed by atoms with Crippen molar-refractivity contribution in [1.82, 2.24) is 0 Å². The minimum absolute atomic E-state index is 0.0857. The Morgan fingerprint density at radius 2 is 1.88 bits per heavy atom. The Morgan fingerprint density at radius 3 is 2.56 bits per heavy atom. The lowest BCUT2D eigenvalue weighted by Gasteiger charge is -2.58. The van der Waals surface area contributed by atoms with Crippen molar-refractivity contribution in [2.45, 2.75) is 91.9 Å². The summed E-state index contributed by atoms with van der Waals surface area (Å²) in [5, 5.41) is 10.9. The average Bonchev–Trinajstić information content (AvgIpc) is 3.37. The molecule has 0 spiro atoms. The highest BCUT2D eigenvalue weighted by Gasteiger charge is 2.84. The smallest absolute Gasteiger partial charge is 0.315 e. The summed E-state index contributed by atoms with van der Waals surface area (Å²) >= 11 is 0. The number of hydrogen-bond donors (Lipinski definition) is 1. The fraction of sp³-hybridized carbons (Fsp3) is 0.862. The minimum atomic E-state index is -1.15. The van der Waals surface area contributed by atoms with Crippen molar-refractivity contribution in [2.75, 3.05) is 20.0 Å². The molecular weight excluding hydrogens is 428 g/mol. The Bertz CT molecular complexity index is 789. The highest BCUT2D eigenvalue weighted by molar-refractivity contribution is 5.90. The summed E-state index contributed by atoms with van der Waals surface area (Å²) in [6, 6.07) is 0. The monoisotopic (exact) mass is 474 g/mol. The Morgan fingerprint density at radius 1 is 1.15 bits per heavy atom. The molecule has 192 valence electrons. The van der Waals surface area contributed by atoms with Crippen molar-refractivity contribution in [3.05, 3.63) is 11.6 Å². The second-order valence-electron chi connectivity index (χ2n) is 12.1. The first-order chi connectivity index (χ1) is 16.3. The van der Waals surface area contributed by atoms with Crippen molar-refractivity contribution in [1.29, 1.82) is 0 Å². The fourth-order valence-electron chi connectivity index (χ4n) is 8.96. The van der Waals surface area contributed by atoms with Gasteiger partial charge in [0.2, 0.25) is 0 Å². The van der Waals surface area contributed by atoms with Crippen molar-refractivity contribution >= 4 is 12.3 Å². The fourth-order valence-corrected chi connectivity index (χ4v) is 8.96. The number of allylic oxidation sites excluding steroid dienone is 1. The minimum Gasteiger partial charge on any atom is -0.481 e. The number of carboxylic acids is 1. The van der Waals surface area contributed by atoms with E-state index in [1.807, 2.05) is 0 Å². The number of carbonyl (C=O) groups is 2. The van der Waals surface area contributed by atoms with Gasteiger partial charge in [-0.15, -0.1) is 0 Å². The van der Waals surface area contributed by atoms with Crippen LogP contribution >= 0.6 is 0 Å². The van der Waals surface area contributed by atoms with Gasteiger partial charge in [-0.2, -0.15) is 0 Å². The van der Waals surface area contributed by atoms with Gasteiger partial charge in [-0.25, -0.2) is 0 Å². The number of fused-ring (bicyclic) bond motifs is 2. The molecule has 0 aliphatic heterocycles. The first-order valence-corrected chi connectivity index (χ1v) is 13.9. The predicted octanol–water partition coefficient (Wildman–Crippen LogP) is 6.26. The van der Waals surface area contributed by atoms with Crippen molar-refractivity contribution < 1.29 is 24.2 Å². The molecule has 0 aromatic carbocycles. The first kappa shape index (κ1) is 25.9. The van der Waals surface area contributed by atoms with E-state index in [4.69, 9.17) is 9.47 Å². The van der Waals surface area contributed by atoms with E-state index in [0.717, 1.165) is 37.5 Å². The Balaban J connectivity index is 1.51. The van der Waals surface area contributed by atoms with Gasteiger partial charge in [-0.05, 0) is 55.3 Å². The maximum atomic E-state index is 13.3. The quantitative estimate of drug-likeness (QED) is 0.139. The van der Waals surface area contributed by atoms with Gasteiger partial charge in [0.15, 0.2) is 0 Å². The first-order valence-electron chi connectivity index (χ1n) is 13.9. The topological polar surface area (TPSA) is 72.8 Å². The molecule has 0 heterocycles. The third kappa shape index (κ3) is 3.55. The zero-order chi connectivity index (χ0) is 24.6. The van der Waals surface area contributed by atoms with Crippen LogP contribution in [0.1, 0.15) is 91.9 Å². The van der Waals surface area contributed by atoms with E-state index < -0.39 is 22.2 Å². The second kappa shape index (κ2) is 10.0. The standard InChI is InChI=1S/C29H46O5/c1-5-6-7-8-9-10-13-33-19-34-18-28-16-23-21(4)11-12-24(23)27(17-30)15-22(28)14-25(20(2)3)29(27,28)26(31)32/h14,17,20-24H,5-13,15-16,18-19H2,1-4H3,(H,31,32). The molecule has 7 atom stereocenters. The second-order valence-corrected chi connectivity index (χ2v) is 12.1. The lowest BCUT2D eigenvalue weighted by atomic mass is 9.43. The summed E-state index contributed by atoms with van der Waals surface area (Å²) in [6.45, 7) is 9.92.